The van der Waals surface area contributed by atoms with Crippen LogP contribution in [-0.2, 0) is 10.0 Å². The lowest BCUT2D eigenvalue weighted by Gasteiger charge is -2.55. The van der Waals surface area contributed by atoms with Crippen LogP contribution in [0.15, 0.2) is 29.0 Å². The second-order valence-corrected chi connectivity index (χ2v) is 12.5. The third kappa shape index (κ3) is 3.56. The minimum Gasteiger partial charge on any atom is -0.249 e. The molecule has 1 fully saturated rings. The van der Waals surface area contributed by atoms with Crippen molar-refractivity contribution in [2.75, 3.05) is 0 Å². The SMILES string of the molecule is BC1(B)CC(c2cn3ncnc3cc2Cl)CC(B)(B)N1S(=O)(=O)c1cnc(C)s1. The minimum atomic E-state index is -3.67. The molecule has 148 valence electrons. The van der Waals surface area contributed by atoms with Crippen LogP contribution in [0.1, 0.15) is 29.3 Å². The van der Waals surface area contributed by atoms with Gasteiger partial charge in [-0.3, -0.25) is 0 Å². The van der Waals surface area contributed by atoms with Gasteiger partial charge in [-0.25, -0.2) is 27.2 Å². The average Bonchev–Trinajstić information content (AvgIpc) is 3.19. The van der Waals surface area contributed by atoms with Crippen molar-refractivity contribution in [3.63, 3.8) is 0 Å². The number of hydrogen-bond acceptors (Lipinski definition) is 6. The molecule has 0 amide bonds. The van der Waals surface area contributed by atoms with E-state index in [1.165, 1.54) is 23.9 Å². The Bertz CT molecular complexity index is 1180. The summed E-state index contributed by atoms with van der Waals surface area (Å²) in [6.07, 6.45) is 6.16. The Balaban J connectivity index is 1.76. The first kappa shape index (κ1) is 21.0. The molecule has 0 N–H and O–H groups in total. The van der Waals surface area contributed by atoms with Crippen LogP contribution in [0.4, 0.5) is 0 Å². The first-order valence-electron chi connectivity index (χ1n) is 9.39. The van der Waals surface area contributed by atoms with Gasteiger partial charge in [0.15, 0.2) is 9.86 Å². The highest BCUT2D eigenvalue weighted by atomic mass is 35.5. The molecule has 7 nitrogen and oxygen atoms in total. The normalized spacial score (nSPS) is 20.2. The first-order valence-corrected chi connectivity index (χ1v) is 12.0. The lowest BCUT2D eigenvalue weighted by Crippen LogP contribution is -2.68. The van der Waals surface area contributed by atoms with Gasteiger partial charge in [0.05, 0.1) is 11.2 Å². The van der Waals surface area contributed by atoms with Gasteiger partial charge in [0.25, 0.3) is 10.0 Å². The van der Waals surface area contributed by atoms with Gasteiger partial charge >= 0.3 is 0 Å². The Morgan fingerprint density at radius 1 is 1.21 bits per heavy atom. The van der Waals surface area contributed by atoms with Gasteiger partial charge in [-0.2, -0.15) is 5.10 Å². The van der Waals surface area contributed by atoms with Crippen molar-refractivity contribution in [1.82, 2.24) is 23.9 Å². The molecule has 0 saturated carbocycles. The van der Waals surface area contributed by atoms with E-state index in [1.807, 2.05) is 50.6 Å². The summed E-state index contributed by atoms with van der Waals surface area (Å²) in [6, 6.07) is 1.81. The van der Waals surface area contributed by atoms with Gasteiger partial charge in [-0.15, -0.1) is 11.3 Å². The zero-order chi connectivity index (χ0) is 21.2. The summed E-state index contributed by atoms with van der Waals surface area (Å²) < 4.78 is 30.7. The molecule has 4 heterocycles. The van der Waals surface area contributed by atoms with Crippen molar-refractivity contribution in [3.8, 4) is 0 Å². The molecule has 1 aliphatic rings. The molecule has 0 aliphatic carbocycles. The summed E-state index contributed by atoms with van der Waals surface area (Å²) in [5.74, 6) is 0.0933. The molecule has 3 aromatic rings. The van der Waals surface area contributed by atoms with E-state index in [0.29, 0.717) is 23.5 Å². The highest BCUT2D eigenvalue weighted by Gasteiger charge is 2.51. The predicted octanol–water partition coefficient (Wildman–Crippen LogP) is -1.44. The van der Waals surface area contributed by atoms with E-state index >= 15 is 0 Å². The van der Waals surface area contributed by atoms with E-state index in [9.17, 15) is 8.42 Å². The number of rotatable bonds is 3. The van der Waals surface area contributed by atoms with E-state index in [4.69, 9.17) is 11.6 Å². The number of thiazole rings is 1. The second kappa shape index (κ2) is 6.87. The third-order valence-corrected chi connectivity index (χ3v) is 9.52. The van der Waals surface area contributed by atoms with Crippen molar-refractivity contribution in [2.24, 2.45) is 0 Å². The highest BCUT2D eigenvalue weighted by Crippen LogP contribution is 2.46. The van der Waals surface area contributed by atoms with Crippen LogP contribution in [-0.4, -0.2) is 74.4 Å². The maximum Gasteiger partial charge on any atom is 0.252 e. The molecule has 14 heteroatoms. The van der Waals surface area contributed by atoms with Crippen LogP contribution >= 0.6 is 22.9 Å². The molecule has 0 unspecified atom stereocenters. The molecule has 1 saturated heterocycles. The fraction of sp³-hybridized carbons (Fsp3) is 0.400. The zero-order valence-electron chi connectivity index (χ0n) is 17.0. The topological polar surface area (TPSA) is 80.5 Å². The molecule has 0 bridgehead atoms. The summed E-state index contributed by atoms with van der Waals surface area (Å²) >= 11 is 7.80. The quantitative estimate of drug-likeness (QED) is 0.462. The second-order valence-electron chi connectivity index (χ2n) is 8.84. The van der Waals surface area contributed by atoms with Crippen LogP contribution in [0.25, 0.3) is 5.65 Å². The Kier molecular flexibility index (Phi) is 4.96. The van der Waals surface area contributed by atoms with Crippen molar-refractivity contribution < 1.29 is 8.42 Å². The van der Waals surface area contributed by atoms with Crippen LogP contribution in [0.5, 0.6) is 0 Å². The molecule has 0 radical (unpaired) electrons. The van der Waals surface area contributed by atoms with E-state index < -0.39 is 20.7 Å². The van der Waals surface area contributed by atoms with Crippen molar-refractivity contribution in [1.29, 1.82) is 0 Å². The summed E-state index contributed by atoms with van der Waals surface area (Å²) in [5, 5.41) is 4.38. The number of pyridine rings is 1. The number of hydrogen-bond donors (Lipinski definition) is 0. The fourth-order valence-corrected chi connectivity index (χ4v) is 8.46. The minimum absolute atomic E-state index is 0.0933. The highest BCUT2D eigenvalue weighted by molar-refractivity contribution is 7.91. The Labute approximate surface area is 182 Å². The molecular formula is C15H20B4ClN5O2S2. The van der Waals surface area contributed by atoms with Gasteiger partial charge in [0, 0.05) is 17.3 Å². The van der Waals surface area contributed by atoms with Gasteiger partial charge in [0.2, 0.25) is 0 Å². The Morgan fingerprint density at radius 2 is 1.86 bits per heavy atom. The number of nitrogens with zero attached hydrogens (tertiary/aromatic N) is 5. The molecule has 0 spiro atoms. The van der Waals surface area contributed by atoms with Crippen molar-refractivity contribution >= 4 is 70.0 Å². The standard InChI is InChI=1S/C15H20B4ClN5O2S2/c1-8-21-5-13(28-8)29(26,27)25-14(16,17)3-9(4-15(25,18)19)10-6-24-12(2-11(10)20)22-7-23-24/h2,5-7,9H,3-4,16-19H2,1H3. The Morgan fingerprint density at radius 3 is 2.45 bits per heavy atom. The molecular weight excluding hydrogens is 425 g/mol. The molecule has 29 heavy (non-hydrogen) atoms. The predicted molar refractivity (Wildman–Crippen MR) is 125 cm³/mol. The Hall–Kier alpha value is -1.29. The number of aromatic nitrogens is 4. The first-order chi connectivity index (χ1) is 13.4. The van der Waals surface area contributed by atoms with Crippen LogP contribution in [0.2, 0.25) is 5.02 Å². The van der Waals surface area contributed by atoms with Crippen LogP contribution in [0, 0.1) is 6.92 Å². The number of piperidine rings is 1. The third-order valence-electron chi connectivity index (χ3n) is 5.52. The number of halogens is 1. The van der Waals surface area contributed by atoms with Crippen LogP contribution < -0.4 is 0 Å². The van der Waals surface area contributed by atoms with Gasteiger partial charge in [-0.1, -0.05) is 11.6 Å². The largest absolute Gasteiger partial charge is 0.252 e. The fourth-order valence-electron chi connectivity index (χ4n) is 4.84. The molecule has 0 aromatic carbocycles. The lowest BCUT2D eigenvalue weighted by molar-refractivity contribution is 0.208. The maximum absolute atomic E-state index is 13.5. The van der Waals surface area contributed by atoms with E-state index in [-0.39, 0.29) is 10.1 Å². The average molecular weight is 445 g/mol. The lowest BCUT2D eigenvalue weighted by atomic mass is 9.46. The van der Waals surface area contributed by atoms with E-state index in [1.54, 1.807) is 8.82 Å². The van der Waals surface area contributed by atoms with Gasteiger partial charge in [0.1, 0.15) is 37.7 Å². The summed E-state index contributed by atoms with van der Waals surface area (Å²) in [7, 11) is 4.25. The molecule has 4 rings (SSSR count). The maximum atomic E-state index is 13.5. The number of aryl methyl sites for hydroxylation is 1. The number of fused-ring (bicyclic) bond motifs is 1. The zero-order valence-corrected chi connectivity index (χ0v) is 19.4. The summed E-state index contributed by atoms with van der Waals surface area (Å²) in [5.41, 5.74) is 1.66. The van der Waals surface area contributed by atoms with Crippen LogP contribution in [0.3, 0.4) is 0 Å². The van der Waals surface area contributed by atoms with Crippen molar-refractivity contribution in [2.45, 2.75) is 40.6 Å². The van der Waals surface area contributed by atoms with Crippen molar-refractivity contribution in [3.05, 3.63) is 40.4 Å². The smallest absolute Gasteiger partial charge is 0.249 e. The summed E-state index contributed by atoms with van der Waals surface area (Å²) in [4.78, 5) is 8.33. The van der Waals surface area contributed by atoms with E-state index in [0.717, 1.165) is 10.6 Å². The molecule has 1 aliphatic heterocycles. The molecule has 0 atom stereocenters. The monoisotopic (exact) mass is 445 g/mol. The van der Waals surface area contributed by atoms with Gasteiger partial charge < -0.3 is 0 Å². The van der Waals surface area contributed by atoms with E-state index in [2.05, 4.69) is 15.1 Å². The summed E-state index contributed by atoms with van der Waals surface area (Å²) in [6.45, 7) is 1.81. The molecule has 3 aromatic heterocycles. The number of sulfonamides is 1. The van der Waals surface area contributed by atoms with Gasteiger partial charge in [-0.05, 0) is 41.9 Å².